The van der Waals surface area contributed by atoms with Crippen LogP contribution in [0.1, 0.15) is 13.8 Å². The second kappa shape index (κ2) is 3.27. The second-order valence-electron chi connectivity index (χ2n) is 4.07. The van der Waals surface area contributed by atoms with E-state index in [1.54, 1.807) is 0 Å². The van der Waals surface area contributed by atoms with Crippen LogP contribution < -0.4 is 4.57 Å². The Morgan fingerprint density at radius 1 is 1.50 bits per heavy atom. The van der Waals surface area contributed by atoms with Crippen molar-refractivity contribution in [2.24, 2.45) is 12.5 Å². The van der Waals surface area contributed by atoms with Crippen LogP contribution in [0.2, 0.25) is 0 Å². The number of nitrogens with zero attached hydrogens (tertiary/aromatic N) is 2. The Kier molecular flexibility index (Phi) is 2.52. The van der Waals surface area contributed by atoms with E-state index in [1.165, 1.54) is 0 Å². The third-order valence-corrected chi connectivity index (χ3v) is 1.86. The lowest BCUT2D eigenvalue weighted by atomic mass is 9.95. The number of hydrogen-bond donors (Lipinski definition) is 1. The van der Waals surface area contributed by atoms with Gasteiger partial charge < -0.3 is 5.11 Å². The highest BCUT2D eigenvalue weighted by molar-refractivity contribution is 4.73. The van der Waals surface area contributed by atoms with Gasteiger partial charge in [0.15, 0.2) is 0 Å². The summed E-state index contributed by atoms with van der Waals surface area (Å²) in [5.74, 6) is 0. The molecule has 1 aromatic heterocycles. The highest BCUT2D eigenvalue weighted by atomic mass is 16.3. The Morgan fingerprint density at radius 2 is 2.17 bits per heavy atom. The van der Waals surface area contributed by atoms with Crippen LogP contribution in [-0.4, -0.2) is 16.3 Å². The van der Waals surface area contributed by atoms with E-state index in [4.69, 9.17) is 5.11 Å². The van der Waals surface area contributed by atoms with Crippen LogP contribution in [0.3, 0.4) is 0 Å². The van der Waals surface area contributed by atoms with Crippen molar-refractivity contribution in [2.45, 2.75) is 20.4 Å². The van der Waals surface area contributed by atoms with Gasteiger partial charge in [-0.1, -0.05) is 13.8 Å². The number of aliphatic hydroxyl groups excluding tert-OH is 1. The summed E-state index contributed by atoms with van der Waals surface area (Å²) >= 11 is 0. The van der Waals surface area contributed by atoms with E-state index in [1.807, 2.05) is 44.2 Å². The fraction of sp³-hybridized carbons (Fsp3) is 0.667. The van der Waals surface area contributed by atoms with Gasteiger partial charge in [-0.2, -0.15) is 0 Å². The van der Waals surface area contributed by atoms with Gasteiger partial charge in [0.2, 0.25) is 6.33 Å². The predicted molar refractivity (Wildman–Crippen MR) is 46.5 cm³/mol. The zero-order valence-electron chi connectivity index (χ0n) is 7.99. The zero-order chi connectivity index (χ0) is 9.19. The first kappa shape index (κ1) is 9.26. The second-order valence-corrected chi connectivity index (χ2v) is 4.07. The monoisotopic (exact) mass is 169 g/mol. The van der Waals surface area contributed by atoms with Crippen molar-refractivity contribution in [3.05, 3.63) is 18.7 Å². The first-order valence-corrected chi connectivity index (χ1v) is 4.15. The molecule has 3 heteroatoms. The van der Waals surface area contributed by atoms with Gasteiger partial charge in [-0.15, -0.1) is 0 Å². The minimum Gasteiger partial charge on any atom is -0.396 e. The minimum absolute atomic E-state index is 0.0357. The molecule has 0 saturated carbocycles. The molecule has 0 aliphatic carbocycles. The number of aromatic nitrogens is 2. The maximum absolute atomic E-state index is 9.04. The standard InChI is InChI=1S/C9H17N2O/c1-9(2,7-12)6-11-5-4-10(3)8-11/h4-5,8,12H,6-7H2,1-3H3/q+1. The molecule has 0 aromatic carbocycles. The van der Waals surface area contributed by atoms with Crippen LogP contribution in [0, 0.1) is 5.41 Å². The van der Waals surface area contributed by atoms with Gasteiger partial charge in [-0.25, -0.2) is 9.13 Å². The van der Waals surface area contributed by atoms with Gasteiger partial charge in [0, 0.05) is 5.41 Å². The number of rotatable bonds is 3. The minimum atomic E-state index is -0.0357. The quantitative estimate of drug-likeness (QED) is 0.649. The van der Waals surface area contributed by atoms with Crippen molar-refractivity contribution in [2.75, 3.05) is 6.61 Å². The fourth-order valence-electron chi connectivity index (χ4n) is 1.14. The third kappa shape index (κ3) is 2.34. The summed E-state index contributed by atoms with van der Waals surface area (Å²) in [4.78, 5) is 0. The first-order chi connectivity index (χ1) is 5.53. The summed E-state index contributed by atoms with van der Waals surface area (Å²) in [6, 6.07) is 0. The lowest BCUT2D eigenvalue weighted by molar-refractivity contribution is -0.671. The predicted octanol–water partition coefficient (Wildman–Crippen LogP) is 0.331. The molecule has 0 amide bonds. The smallest absolute Gasteiger partial charge is 0.243 e. The molecule has 1 N–H and O–H groups in total. The molecule has 0 saturated heterocycles. The van der Waals surface area contributed by atoms with Crippen molar-refractivity contribution in [3.8, 4) is 0 Å². The van der Waals surface area contributed by atoms with E-state index >= 15 is 0 Å². The summed E-state index contributed by atoms with van der Waals surface area (Å²) in [6.45, 7) is 5.17. The van der Waals surface area contributed by atoms with E-state index in [-0.39, 0.29) is 12.0 Å². The molecule has 0 bridgehead atoms. The summed E-state index contributed by atoms with van der Waals surface area (Å²) in [5, 5.41) is 9.04. The average Bonchev–Trinajstić information content (AvgIpc) is 2.35. The fourth-order valence-corrected chi connectivity index (χ4v) is 1.14. The molecule has 3 nitrogen and oxygen atoms in total. The zero-order valence-corrected chi connectivity index (χ0v) is 7.99. The van der Waals surface area contributed by atoms with Crippen molar-refractivity contribution in [1.29, 1.82) is 0 Å². The maximum atomic E-state index is 9.04. The highest BCUT2D eigenvalue weighted by Gasteiger charge is 2.20. The molecule has 0 aliphatic heterocycles. The van der Waals surface area contributed by atoms with Crippen LogP contribution in [-0.2, 0) is 13.6 Å². The summed E-state index contributed by atoms with van der Waals surface area (Å²) in [7, 11) is 1.99. The van der Waals surface area contributed by atoms with Crippen LogP contribution in [0.15, 0.2) is 18.7 Å². The summed E-state index contributed by atoms with van der Waals surface area (Å²) in [6.07, 6.45) is 6.02. The van der Waals surface area contributed by atoms with Crippen LogP contribution >= 0.6 is 0 Å². The van der Waals surface area contributed by atoms with Crippen LogP contribution in [0.25, 0.3) is 0 Å². The van der Waals surface area contributed by atoms with E-state index in [9.17, 15) is 0 Å². The number of hydrogen-bond acceptors (Lipinski definition) is 1. The van der Waals surface area contributed by atoms with E-state index in [0.29, 0.717) is 0 Å². The Balaban J connectivity index is 2.63. The SMILES string of the molecule is C[n+]1ccn(CC(C)(C)CO)c1. The molecule has 68 valence electrons. The van der Waals surface area contributed by atoms with Crippen molar-refractivity contribution >= 4 is 0 Å². The molecular formula is C9H17N2O+. The Labute approximate surface area is 73.3 Å². The van der Waals surface area contributed by atoms with E-state index in [0.717, 1.165) is 6.54 Å². The van der Waals surface area contributed by atoms with Crippen molar-refractivity contribution in [1.82, 2.24) is 4.57 Å². The molecule has 0 atom stereocenters. The number of aliphatic hydroxyl groups is 1. The molecule has 0 radical (unpaired) electrons. The molecule has 1 heterocycles. The Bertz CT molecular complexity index is 253. The van der Waals surface area contributed by atoms with E-state index < -0.39 is 0 Å². The molecule has 1 aromatic rings. The highest BCUT2D eigenvalue weighted by Crippen LogP contribution is 2.15. The Morgan fingerprint density at radius 3 is 2.58 bits per heavy atom. The lowest BCUT2D eigenvalue weighted by Crippen LogP contribution is -2.27. The molecule has 0 fully saturated rings. The molecule has 0 spiro atoms. The molecule has 0 unspecified atom stereocenters. The third-order valence-electron chi connectivity index (χ3n) is 1.86. The summed E-state index contributed by atoms with van der Waals surface area (Å²) in [5.41, 5.74) is -0.0357. The van der Waals surface area contributed by atoms with Crippen molar-refractivity contribution in [3.63, 3.8) is 0 Å². The largest absolute Gasteiger partial charge is 0.396 e. The number of aryl methyl sites for hydroxylation is 1. The van der Waals surface area contributed by atoms with E-state index in [2.05, 4.69) is 4.57 Å². The van der Waals surface area contributed by atoms with Gasteiger partial charge in [0.05, 0.1) is 20.2 Å². The molecule has 0 aliphatic rings. The van der Waals surface area contributed by atoms with Gasteiger partial charge in [0.1, 0.15) is 12.4 Å². The van der Waals surface area contributed by atoms with Gasteiger partial charge in [-0.3, -0.25) is 0 Å². The molecular weight excluding hydrogens is 152 g/mol. The van der Waals surface area contributed by atoms with Gasteiger partial charge in [-0.05, 0) is 0 Å². The maximum Gasteiger partial charge on any atom is 0.243 e. The Hall–Kier alpha value is -0.830. The number of imidazole rings is 1. The van der Waals surface area contributed by atoms with Gasteiger partial charge in [0.25, 0.3) is 0 Å². The van der Waals surface area contributed by atoms with Crippen molar-refractivity contribution < 1.29 is 9.67 Å². The normalized spacial score (nSPS) is 12.0. The average molecular weight is 169 g/mol. The summed E-state index contributed by atoms with van der Waals surface area (Å²) < 4.78 is 4.07. The topological polar surface area (TPSA) is 29.0 Å². The first-order valence-electron chi connectivity index (χ1n) is 4.15. The lowest BCUT2D eigenvalue weighted by Gasteiger charge is -2.18. The van der Waals surface area contributed by atoms with Gasteiger partial charge >= 0.3 is 0 Å². The molecule has 12 heavy (non-hydrogen) atoms. The van der Waals surface area contributed by atoms with Crippen LogP contribution in [0.4, 0.5) is 0 Å². The van der Waals surface area contributed by atoms with Crippen LogP contribution in [0.5, 0.6) is 0 Å². The molecule has 1 rings (SSSR count).